The molecule has 4 heteroatoms. The minimum Gasteiger partial charge on any atom is -0.312 e. The Hall–Kier alpha value is -1.26. The molecule has 0 unspecified atom stereocenters. The van der Waals surface area contributed by atoms with Crippen molar-refractivity contribution in [1.29, 1.82) is 0 Å². The number of rotatable bonds is 6. The molecule has 2 rings (SSSR count). The summed E-state index contributed by atoms with van der Waals surface area (Å²) in [7, 11) is 0. The van der Waals surface area contributed by atoms with Crippen LogP contribution in [0.15, 0.2) is 18.2 Å². The maximum Gasteiger partial charge on any atom is 0.142 e. The Kier molecular flexibility index (Phi) is 5.26. The van der Waals surface area contributed by atoms with Gasteiger partial charge >= 0.3 is 0 Å². The van der Waals surface area contributed by atoms with Crippen LogP contribution in [-0.4, -0.2) is 16.5 Å². The highest BCUT2D eigenvalue weighted by molar-refractivity contribution is 7.15. The van der Waals surface area contributed by atoms with E-state index >= 15 is 0 Å². The SMILES string of the molecule is CCCNCc1sc(-c2cccc(C)n2)nc1C(C)C. The average molecular weight is 289 g/mol. The largest absolute Gasteiger partial charge is 0.312 e. The molecule has 0 atom stereocenters. The third-order valence-electron chi connectivity index (χ3n) is 3.09. The zero-order chi connectivity index (χ0) is 14.5. The predicted octanol–water partition coefficient (Wildman–Crippen LogP) is 4.14. The highest BCUT2D eigenvalue weighted by Crippen LogP contribution is 2.30. The molecule has 2 aromatic heterocycles. The fraction of sp³-hybridized carbons (Fsp3) is 0.500. The van der Waals surface area contributed by atoms with Crippen LogP contribution in [0.5, 0.6) is 0 Å². The smallest absolute Gasteiger partial charge is 0.142 e. The Labute approximate surface area is 125 Å². The standard InChI is InChI=1S/C16H23N3S/c1-5-9-17-10-14-15(11(2)3)19-16(20-14)13-8-6-7-12(4)18-13/h6-8,11,17H,5,9-10H2,1-4H3. The molecule has 0 bridgehead atoms. The van der Waals surface area contributed by atoms with Crippen LogP contribution < -0.4 is 5.32 Å². The van der Waals surface area contributed by atoms with E-state index in [2.05, 4.69) is 31.1 Å². The lowest BCUT2D eigenvalue weighted by Gasteiger charge is -2.05. The lowest BCUT2D eigenvalue weighted by Crippen LogP contribution is -2.14. The molecule has 0 spiro atoms. The number of hydrogen-bond donors (Lipinski definition) is 1. The maximum absolute atomic E-state index is 4.82. The lowest BCUT2D eigenvalue weighted by molar-refractivity contribution is 0.670. The van der Waals surface area contributed by atoms with Crippen LogP contribution in [0.1, 0.15) is 49.4 Å². The minimum atomic E-state index is 0.447. The highest BCUT2D eigenvalue weighted by atomic mass is 32.1. The van der Waals surface area contributed by atoms with E-state index in [9.17, 15) is 0 Å². The average Bonchev–Trinajstić information content (AvgIpc) is 2.83. The molecule has 2 heterocycles. The summed E-state index contributed by atoms with van der Waals surface area (Å²) in [6.07, 6.45) is 1.15. The van der Waals surface area contributed by atoms with Gasteiger partial charge in [-0.1, -0.05) is 26.8 Å². The van der Waals surface area contributed by atoms with Crippen molar-refractivity contribution in [2.24, 2.45) is 0 Å². The molecule has 0 aromatic carbocycles. The summed E-state index contributed by atoms with van der Waals surface area (Å²) >= 11 is 1.76. The number of thiazole rings is 1. The number of nitrogens with zero attached hydrogens (tertiary/aromatic N) is 2. The summed E-state index contributed by atoms with van der Waals surface area (Å²) in [4.78, 5) is 10.7. The van der Waals surface area contributed by atoms with Gasteiger partial charge in [-0.15, -0.1) is 11.3 Å². The number of pyridine rings is 1. The quantitative estimate of drug-likeness (QED) is 0.812. The molecule has 0 saturated carbocycles. The van der Waals surface area contributed by atoms with E-state index in [1.165, 1.54) is 10.6 Å². The van der Waals surface area contributed by atoms with E-state index in [0.717, 1.165) is 35.9 Å². The molecule has 0 fully saturated rings. The molecule has 0 aliphatic carbocycles. The van der Waals surface area contributed by atoms with E-state index in [1.54, 1.807) is 11.3 Å². The van der Waals surface area contributed by atoms with Gasteiger partial charge in [0.05, 0.1) is 11.4 Å². The molecule has 0 amide bonds. The summed E-state index contributed by atoms with van der Waals surface area (Å²) in [5, 5.41) is 4.51. The van der Waals surface area contributed by atoms with Crippen molar-refractivity contribution in [3.05, 3.63) is 34.5 Å². The first kappa shape index (κ1) is 15.1. The van der Waals surface area contributed by atoms with Crippen molar-refractivity contribution in [3.8, 4) is 10.7 Å². The maximum atomic E-state index is 4.82. The molecule has 3 nitrogen and oxygen atoms in total. The fourth-order valence-electron chi connectivity index (χ4n) is 2.09. The first-order valence-electron chi connectivity index (χ1n) is 7.26. The van der Waals surface area contributed by atoms with Gasteiger partial charge in [-0.25, -0.2) is 4.98 Å². The highest BCUT2D eigenvalue weighted by Gasteiger charge is 2.15. The Morgan fingerprint density at radius 2 is 2.05 bits per heavy atom. The van der Waals surface area contributed by atoms with E-state index < -0.39 is 0 Å². The molecule has 1 N–H and O–H groups in total. The zero-order valence-electron chi connectivity index (χ0n) is 12.7. The van der Waals surface area contributed by atoms with Crippen LogP contribution in [-0.2, 0) is 6.54 Å². The van der Waals surface area contributed by atoms with Gasteiger partial charge in [0.25, 0.3) is 0 Å². The number of nitrogens with one attached hydrogen (secondary N) is 1. The van der Waals surface area contributed by atoms with Crippen molar-refractivity contribution in [3.63, 3.8) is 0 Å². The van der Waals surface area contributed by atoms with Crippen molar-refractivity contribution in [2.75, 3.05) is 6.54 Å². The van der Waals surface area contributed by atoms with Gasteiger partial charge in [0, 0.05) is 17.1 Å². The van der Waals surface area contributed by atoms with Gasteiger partial charge in [-0.2, -0.15) is 0 Å². The Morgan fingerprint density at radius 3 is 2.70 bits per heavy atom. The molecule has 2 aromatic rings. The first-order chi connectivity index (χ1) is 9.61. The summed E-state index contributed by atoms with van der Waals surface area (Å²) in [5.41, 5.74) is 3.23. The number of aromatic nitrogens is 2. The van der Waals surface area contributed by atoms with Gasteiger partial charge < -0.3 is 5.32 Å². The third kappa shape index (κ3) is 3.64. The van der Waals surface area contributed by atoms with Crippen molar-refractivity contribution < 1.29 is 0 Å². The second-order valence-corrected chi connectivity index (χ2v) is 6.41. The Morgan fingerprint density at radius 1 is 1.25 bits per heavy atom. The molecular weight excluding hydrogens is 266 g/mol. The summed E-state index contributed by atoms with van der Waals surface area (Å²) < 4.78 is 0. The third-order valence-corrected chi connectivity index (χ3v) is 4.19. The molecule has 0 radical (unpaired) electrons. The van der Waals surface area contributed by atoms with Gasteiger partial charge in [0.1, 0.15) is 5.01 Å². The van der Waals surface area contributed by atoms with Crippen LogP contribution in [0.2, 0.25) is 0 Å². The molecule has 0 saturated heterocycles. The van der Waals surface area contributed by atoms with Gasteiger partial charge in [-0.05, 0) is 37.9 Å². The van der Waals surface area contributed by atoms with Crippen molar-refractivity contribution in [1.82, 2.24) is 15.3 Å². The lowest BCUT2D eigenvalue weighted by atomic mass is 10.1. The van der Waals surface area contributed by atoms with E-state index in [-0.39, 0.29) is 0 Å². The van der Waals surface area contributed by atoms with E-state index in [4.69, 9.17) is 4.98 Å². The van der Waals surface area contributed by atoms with Crippen molar-refractivity contribution in [2.45, 2.75) is 46.6 Å². The molecule has 108 valence electrons. The summed E-state index contributed by atoms with van der Waals surface area (Å²) in [6, 6.07) is 6.10. The van der Waals surface area contributed by atoms with Crippen LogP contribution >= 0.6 is 11.3 Å². The summed E-state index contributed by atoms with van der Waals surface area (Å²) in [5.74, 6) is 0.447. The Bertz CT molecular complexity index is 561. The zero-order valence-corrected chi connectivity index (χ0v) is 13.5. The van der Waals surface area contributed by atoms with Crippen LogP contribution in [0.4, 0.5) is 0 Å². The van der Waals surface area contributed by atoms with Gasteiger partial charge in [0.2, 0.25) is 0 Å². The van der Waals surface area contributed by atoms with Gasteiger partial charge in [-0.3, -0.25) is 4.98 Å². The second-order valence-electron chi connectivity index (χ2n) is 5.32. The molecule has 0 aliphatic rings. The molecule has 0 aliphatic heterocycles. The van der Waals surface area contributed by atoms with Gasteiger partial charge in [0.15, 0.2) is 0 Å². The number of aryl methyl sites for hydroxylation is 1. The van der Waals surface area contributed by atoms with Crippen molar-refractivity contribution >= 4 is 11.3 Å². The minimum absolute atomic E-state index is 0.447. The molecule has 20 heavy (non-hydrogen) atoms. The van der Waals surface area contributed by atoms with Crippen LogP contribution in [0, 0.1) is 6.92 Å². The predicted molar refractivity (Wildman–Crippen MR) is 86.2 cm³/mol. The fourth-order valence-corrected chi connectivity index (χ4v) is 3.25. The second kappa shape index (κ2) is 6.95. The van der Waals surface area contributed by atoms with E-state index in [1.807, 2.05) is 25.1 Å². The topological polar surface area (TPSA) is 37.8 Å². The normalized spacial score (nSPS) is 11.2. The Balaban J connectivity index is 2.28. The number of hydrogen-bond acceptors (Lipinski definition) is 4. The van der Waals surface area contributed by atoms with E-state index in [0.29, 0.717) is 5.92 Å². The monoisotopic (exact) mass is 289 g/mol. The van der Waals surface area contributed by atoms with Crippen LogP contribution in [0.25, 0.3) is 10.7 Å². The summed E-state index contributed by atoms with van der Waals surface area (Å²) in [6.45, 7) is 10.6. The molecular formula is C16H23N3S. The van der Waals surface area contributed by atoms with Crippen LogP contribution in [0.3, 0.4) is 0 Å². The first-order valence-corrected chi connectivity index (χ1v) is 8.07.